The first kappa shape index (κ1) is 20.4. The van der Waals surface area contributed by atoms with Gasteiger partial charge in [-0.05, 0) is 27.7 Å². The van der Waals surface area contributed by atoms with Crippen LogP contribution in [0.4, 0.5) is 11.4 Å². The van der Waals surface area contributed by atoms with Gasteiger partial charge in [0.15, 0.2) is 0 Å². The molecule has 1 aliphatic rings. The number of nitrogens with one attached hydrogen (secondary N) is 1. The highest BCUT2D eigenvalue weighted by Gasteiger charge is 2.22. The quantitative estimate of drug-likeness (QED) is 0.758. The van der Waals surface area contributed by atoms with Gasteiger partial charge in [-0.2, -0.15) is 0 Å². The van der Waals surface area contributed by atoms with Crippen LogP contribution in [0.25, 0.3) is 0 Å². The maximum Gasteiger partial charge on any atom is 0.267 e. The average molecular weight is 406 g/mol. The first-order valence-corrected chi connectivity index (χ1v) is 10.4. The number of nitrogens with zero attached hydrogens (tertiary/aromatic N) is 2. The lowest BCUT2D eigenvalue weighted by Gasteiger charge is -2.31. The van der Waals surface area contributed by atoms with Crippen molar-refractivity contribution in [3.05, 3.63) is 27.7 Å². The Morgan fingerprint density at radius 2 is 1.86 bits per heavy atom. The van der Waals surface area contributed by atoms with Gasteiger partial charge >= 0.3 is 0 Å². The summed E-state index contributed by atoms with van der Waals surface area (Å²) < 4.78 is 17.2. The van der Waals surface area contributed by atoms with Crippen LogP contribution >= 0.6 is 11.3 Å². The number of aryl methyl sites for hydroxylation is 2. The lowest BCUT2D eigenvalue weighted by Crippen LogP contribution is -2.36. The summed E-state index contributed by atoms with van der Waals surface area (Å²) in [5.74, 6) is 1.16. The van der Waals surface area contributed by atoms with Crippen LogP contribution < -0.4 is 19.7 Å². The summed E-state index contributed by atoms with van der Waals surface area (Å²) >= 11 is 1.38. The van der Waals surface area contributed by atoms with Gasteiger partial charge in [0.25, 0.3) is 5.91 Å². The molecular formula is C20H27N3O4S. The molecule has 1 aliphatic heterocycles. The molecule has 1 aromatic carbocycles. The third kappa shape index (κ3) is 4.56. The number of morpholine rings is 1. The predicted octanol–water partition coefficient (Wildman–Crippen LogP) is 3.65. The minimum atomic E-state index is -0.189. The molecule has 2 aromatic rings. The van der Waals surface area contributed by atoms with Crippen molar-refractivity contribution in [3.63, 3.8) is 0 Å². The van der Waals surface area contributed by atoms with Crippen LogP contribution in [0.3, 0.4) is 0 Å². The Morgan fingerprint density at radius 3 is 2.46 bits per heavy atom. The molecule has 0 aliphatic carbocycles. The first-order valence-electron chi connectivity index (χ1n) is 9.55. The van der Waals surface area contributed by atoms with E-state index in [2.05, 4.69) is 15.2 Å². The minimum absolute atomic E-state index is 0.189. The Kier molecular flexibility index (Phi) is 6.74. The molecule has 1 amide bonds. The fraction of sp³-hybridized carbons (Fsp3) is 0.500. The molecule has 0 atom stereocenters. The standard InChI is InChI=1S/C20H27N3O4S/c1-5-26-17-12-16(23-7-9-25-10-8-23)18(27-6-2)11-15(17)22-20(24)19-13(3)21-14(4)28-19/h11-12H,5-10H2,1-4H3,(H,22,24). The smallest absolute Gasteiger partial charge is 0.267 e. The molecular weight excluding hydrogens is 378 g/mol. The summed E-state index contributed by atoms with van der Waals surface area (Å²) in [4.78, 5) is 20.0. The van der Waals surface area contributed by atoms with Gasteiger partial charge in [0.1, 0.15) is 16.4 Å². The zero-order chi connectivity index (χ0) is 20.1. The first-order chi connectivity index (χ1) is 13.5. The van der Waals surface area contributed by atoms with Crippen molar-refractivity contribution in [3.8, 4) is 11.5 Å². The molecule has 3 rings (SSSR count). The number of carbonyl (C=O) groups excluding carboxylic acids is 1. The van der Waals surface area contributed by atoms with Gasteiger partial charge in [-0.15, -0.1) is 11.3 Å². The molecule has 7 nitrogen and oxygen atoms in total. The van der Waals surface area contributed by atoms with Crippen LogP contribution in [0.2, 0.25) is 0 Å². The fourth-order valence-electron chi connectivity index (χ4n) is 3.17. The van der Waals surface area contributed by atoms with E-state index in [1.165, 1.54) is 11.3 Å². The van der Waals surface area contributed by atoms with Crippen molar-refractivity contribution in [2.24, 2.45) is 0 Å². The molecule has 28 heavy (non-hydrogen) atoms. The van der Waals surface area contributed by atoms with E-state index in [1.54, 1.807) is 0 Å². The SMILES string of the molecule is CCOc1cc(N2CCOCC2)c(OCC)cc1NC(=O)c1sc(C)nc1C. The molecule has 1 saturated heterocycles. The van der Waals surface area contributed by atoms with Crippen molar-refractivity contribution in [2.45, 2.75) is 27.7 Å². The number of hydrogen-bond acceptors (Lipinski definition) is 7. The van der Waals surface area contributed by atoms with Crippen molar-refractivity contribution in [1.29, 1.82) is 0 Å². The van der Waals surface area contributed by atoms with E-state index in [-0.39, 0.29) is 5.91 Å². The van der Waals surface area contributed by atoms with E-state index < -0.39 is 0 Å². The van der Waals surface area contributed by atoms with Crippen molar-refractivity contribution in [1.82, 2.24) is 4.98 Å². The number of anilines is 2. The van der Waals surface area contributed by atoms with Gasteiger partial charge in [-0.25, -0.2) is 4.98 Å². The van der Waals surface area contributed by atoms with E-state index in [4.69, 9.17) is 14.2 Å². The summed E-state index contributed by atoms with van der Waals surface area (Å²) in [5.41, 5.74) is 2.28. The molecule has 1 N–H and O–H groups in total. The predicted molar refractivity (Wildman–Crippen MR) is 111 cm³/mol. The van der Waals surface area contributed by atoms with Crippen LogP contribution in [0, 0.1) is 13.8 Å². The lowest BCUT2D eigenvalue weighted by atomic mass is 10.2. The maximum absolute atomic E-state index is 12.8. The molecule has 2 heterocycles. The molecule has 0 saturated carbocycles. The summed E-state index contributed by atoms with van der Waals surface area (Å²) in [6, 6.07) is 3.79. The number of ether oxygens (including phenoxy) is 3. The number of aromatic nitrogens is 1. The Morgan fingerprint density at radius 1 is 1.18 bits per heavy atom. The van der Waals surface area contributed by atoms with E-state index >= 15 is 0 Å². The third-order valence-corrected chi connectivity index (χ3v) is 5.44. The average Bonchev–Trinajstić information content (AvgIpc) is 3.03. The number of thiazole rings is 1. The number of rotatable bonds is 7. The molecule has 0 bridgehead atoms. The molecule has 152 valence electrons. The second-order valence-electron chi connectivity index (χ2n) is 6.38. The molecule has 0 spiro atoms. The van der Waals surface area contributed by atoms with Crippen molar-refractivity contribution >= 4 is 28.6 Å². The van der Waals surface area contributed by atoms with E-state index in [0.29, 0.717) is 42.7 Å². The topological polar surface area (TPSA) is 72.9 Å². The summed E-state index contributed by atoms with van der Waals surface area (Å²) in [6.07, 6.45) is 0. The van der Waals surface area contributed by atoms with E-state index in [0.717, 1.165) is 35.2 Å². The highest BCUT2D eigenvalue weighted by Crippen LogP contribution is 2.39. The molecule has 1 fully saturated rings. The fourth-order valence-corrected chi connectivity index (χ4v) is 3.98. The highest BCUT2D eigenvalue weighted by atomic mass is 32.1. The third-order valence-electron chi connectivity index (χ3n) is 4.37. The Balaban J connectivity index is 1.95. The van der Waals surface area contributed by atoms with Gasteiger partial charge < -0.3 is 24.4 Å². The Bertz CT molecular complexity index is 831. The monoisotopic (exact) mass is 405 g/mol. The largest absolute Gasteiger partial charge is 0.492 e. The number of benzene rings is 1. The maximum atomic E-state index is 12.8. The highest BCUT2D eigenvalue weighted by molar-refractivity contribution is 7.13. The van der Waals surface area contributed by atoms with Crippen LogP contribution in [0.15, 0.2) is 12.1 Å². The molecule has 1 aromatic heterocycles. The van der Waals surface area contributed by atoms with E-state index in [1.807, 2.05) is 39.8 Å². The second kappa shape index (κ2) is 9.25. The summed E-state index contributed by atoms with van der Waals surface area (Å²) in [7, 11) is 0. The van der Waals surface area contributed by atoms with Crippen LogP contribution in [-0.4, -0.2) is 50.4 Å². The van der Waals surface area contributed by atoms with Gasteiger partial charge in [0, 0.05) is 25.2 Å². The van der Waals surface area contributed by atoms with E-state index in [9.17, 15) is 4.79 Å². The molecule has 0 unspecified atom stereocenters. The van der Waals surface area contributed by atoms with Crippen LogP contribution in [0.5, 0.6) is 11.5 Å². The second-order valence-corrected chi connectivity index (χ2v) is 7.59. The lowest BCUT2D eigenvalue weighted by molar-refractivity contribution is 0.102. The van der Waals surface area contributed by atoms with Gasteiger partial charge in [0.05, 0.1) is 48.5 Å². The normalized spacial score (nSPS) is 14.1. The van der Waals surface area contributed by atoms with Crippen molar-refractivity contribution in [2.75, 3.05) is 49.7 Å². The summed E-state index contributed by atoms with van der Waals surface area (Å²) in [5, 5.41) is 3.84. The number of carbonyl (C=O) groups is 1. The zero-order valence-electron chi connectivity index (χ0n) is 16.8. The number of amides is 1. The van der Waals surface area contributed by atoms with Crippen LogP contribution in [0.1, 0.15) is 34.2 Å². The molecule has 8 heteroatoms. The minimum Gasteiger partial charge on any atom is -0.492 e. The Labute approximate surface area is 169 Å². The Hall–Kier alpha value is -2.32. The van der Waals surface area contributed by atoms with Gasteiger partial charge in [0.2, 0.25) is 0 Å². The van der Waals surface area contributed by atoms with Crippen LogP contribution in [-0.2, 0) is 4.74 Å². The van der Waals surface area contributed by atoms with Gasteiger partial charge in [-0.1, -0.05) is 0 Å². The van der Waals surface area contributed by atoms with Crippen molar-refractivity contribution < 1.29 is 19.0 Å². The molecule has 0 radical (unpaired) electrons. The summed E-state index contributed by atoms with van der Waals surface area (Å²) in [6.45, 7) is 11.6. The van der Waals surface area contributed by atoms with Gasteiger partial charge in [-0.3, -0.25) is 4.79 Å². The number of hydrogen-bond donors (Lipinski definition) is 1. The zero-order valence-corrected chi connectivity index (χ0v) is 17.6.